The van der Waals surface area contributed by atoms with Gasteiger partial charge < -0.3 is 9.13 Å². The molecule has 4 aromatic carbocycles. The highest BCUT2D eigenvalue weighted by Crippen LogP contribution is 2.58. The van der Waals surface area contributed by atoms with Gasteiger partial charge in [-0.1, -0.05) is 133 Å². The van der Waals surface area contributed by atoms with Crippen molar-refractivity contribution in [3.8, 4) is 0 Å². The minimum absolute atomic E-state index is 0.339. The normalized spacial score (nSPS) is 15.2. The predicted molar refractivity (Wildman–Crippen MR) is 155 cm³/mol. The van der Waals surface area contributed by atoms with E-state index in [1.54, 1.807) is 0 Å². The van der Waals surface area contributed by atoms with Crippen molar-refractivity contribution in [3.63, 3.8) is 0 Å². The van der Waals surface area contributed by atoms with Crippen LogP contribution in [0.25, 0.3) is 0 Å². The standard InChI is InChI=1S/C32H32O2P2/c33-35(28-18-8-2-9-19-28,29-20-10-3-11-21-29)26-32(27-16-6-1-7-17-27)36(34,30-22-12-4-13-23-30)31-24-14-5-15-25-31/h2-5,8-16,18-25,32H,1,6-7,17,26H2. The first-order valence-electron chi connectivity index (χ1n) is 12.7. The predicted octanol–water partition coefficient (Wildman–Crippen LogP) is 6.88. The van der Waals surface area contributed by atoms with Crippen LogP contribution in [0.5, 0.6) is 0 Å². The Labute approximate surface area is 214 Å². The molecule has 36 heavy (non-hydrogen) atoms. The van der Waals surface area contributed by atoms with E-state index < -0.39 is 14.3 Å². The second-order valence-corrected chi connectivity index (χ2v) is 15.3. The van der Waals surface area contributed by atoms with Crippen LogP contribution < -0.4 is 21.2 Å². The summed E-state index contributed by atoms with van der Waals surface area (Å²) in [5.41, 5.74) is 0.859. The first kappa shape index (κ1) is 24.8. The van der Waals surface area contributed by atoms with Gasteiger partial charge in [0, 0.05) is 33.0 Å². The molecule has 0 aromatic heterocycles. The van der Waals surface area contributed by atoms with Gasteiger partial charge in [-0.05, 0) is 25.7 Å². The van der Waals surface area contributed by atoms with Crippen LogP contribution in [0.2, 0.25) is 0 Å². The van der Waals surface area contributed by atoms with Gasteiger partial charge in [-0.15, -0.1) is 0 Å². The van der Waals surface area contributed by atoms with Crippen LogP contribution in [0, 0.1) is 0 Å². The highest BCUT2D eigenvalue weighted by atomic mass is 31.2. The van der Waals surface area contributed by atoms with Crippen molar-refractivity contribution >= 4 is 35.5 Å². The summed E-state index contributed by atoms with van der Waals surface area (Å²) in [7, 11) is -6.28. The van der Waals surface area contributed by atoms with E-state index in [9.17, 15) is 0 Å². The summed E-state index contributed by atoms with van der Waals surface area (Å²) in [6.07, 6.45) is 6.73. The Balaban J connectivity index is 1.75. The zero-order valence-electron chi connectivity index (χ0n) is 20.4. The van der Waals surface area contributed by atoms with Crippen molar-refractivity contribution in [3.05, 3.63) is 133 Å². The van der Waals surface area contributed by atoms with Gasteiger partial charge in [0.25, 0.3) is 0 Å². The largest absolute Gasteiger partial charge is 0.314 e. The lowest BCUT2D eigenvalue weighted by molar-refractivity contribution is 0.573. The van der Waals surface area contributed by atoms with Crippen LogP contribution in [0.1, 0.15) is 25.7 Å². The molecule has 0 fully saturated rings. The summed E-state index contributed by atoms with van der Waals surface area (Å²) in [5.74, 6) is 0. The van der Waals surface area contributed by atoms with Crippen molar-refractivity contribution in [2.45, 2.75) is 31.3 Å². The number of hydrogen-bond donors (Lipinski definition) is 0. The summed E-state index contributed by atoms with van der Waals surface area (Å²) in [4.78, 5) is 0. The highest BCUT2D eigenvalue weighted by molar-refractivity contribution is 7.83. The zero-order chi connectivity index (χ0) is 24.8. The molecular weight excluding hydrogens is 478 g/mol. The third kappa shape index (κ3) is 4.86. The summed E-state index contributed by atoms with van der Waals surface area (Å²) < 4.78 is 30.8. The van der Waals surface area contributed by atoms with Crippen molar-refractivity contribution in [1.82, 2.24) is 0 Å². The summed E-state index contributed by atoms with van der Waals surface area (Å²) in [6, 6.07) is 39.3. The summed E-state index contributed by atoms with van der Waals surface area (Å²) in [6.45, 7) is 0. The maximum absolute atomic E-state index is 15.6. The van der Waals surface area contributed by atoms with Crippen LogP contribution in [0.4, 0.5) is 0 Å². The maximum atomic E-state index is 15.6. The Hall–Kier alpha value is -2.92. The molecule has 0 saturated heterocycles. The second kappa shape index (κ2) is 11.0. The molecule has 0 saturated carbocycles. The second-order valence-electron chi connectivity index (χ2n) is 9.46. The van der Waals surface area contributed by atoms with Crippen molar-refractivity contribution in [1.29, 1.82) is 0 Å². The molecule has 0 spiro atoms. The monoisotopic (exact) mass is 510 g/mol. The first-order valence-corrected chi connectivity index (χ1v) is 16.4. The third-order valence-electron chi connectivity index (χ3n) is 7.25. The summed E-state index contributed by atoms with van der Waals surface area (Å²) in [5, 5.41) is 3.32. The van der Waals surface area contributed by atoms with Gasteiger partial charge in [0.2, 0.25) is 0 Å². The molecule has 2 nitrogen and oxygen atoms in total. The molecule has 1 aliphatic rings. The van der Waals surface area contributed by atoms with Crippen molar-refractivity contribution in [2.75, 3.05) is 6.16 Å². The van der Waals surface area contributed by atoms with E-state index in [-0.39, 0.29) is 5.66 Å². The van der Waals surface area contributed by atoms with Gasteiger partial charge in [0.15, 0.2) is 7.14 Å². The van der Waals surface area contributed by atoms with Gasteiger partial charge in [-0.2, -0.15) is 0 Å². The number of hydrogen-bond acceptors (Lipinski definition) is 2. The lowest BCUT2D eigenvalue weighted by Crippen LogP contribution is -2.33. The molecule has 182 valence electrons. The van der Waals surface area contributed by atoms with Crippen LogP contribution in [-0.2, 0) is 9.13 Å². The fourth-order valence-electron chi connectivity index (χ4n) is 5.38. The minimum Gasteiger partial charge on any atom is -0.314 e. The Bertz CT molecular complexity index is 1310. The maximum Gasteiger partial charge on any atom is 0.150 e. The lowest BCUT2D eigenvalue weighted by Gasteiger charge is -2.35. The van der Waals surface area contributed by atoms with Crippen molar-refractivity contribution < 1.29 is 9.13 Å². The number of rotatable bonds is 8. The van der Waals surface area contributed by atoms with E-state index in [0.29, 0.717) is 6.16 Å². The van der Waals surface area contributed by atoms with Gasteiger partial charge in [-0.3, -0.25) is 0 Å². The molecule has 1 atom stereocenters. The molecule has 0 heterocycles. The molecule has 0 amide bonds. The van der Waals surface area contributed by atoms with Gasteiger partial charge >= 0.3 is 0 Å². The topological polar surface area (TPSA) is 34.1 Å². The average molecular weight is 511 g/mol. The molecule has 0 aliphatic heterocycles. The Morgan fingerprint density at radius 2 is 0.972 bits per heavy atom. The van der Waals surface area contributed by atoms with Crippen LogP contribution >= 0.6 is 14.3 Å². The molecule has 4 heteroatoms. The van der Waals surface area contributed by atoms with Gasteiger partial charge in [-0.25, -0.2) is 0 Å². The fraction of sp³-hybridized carbons (Fsp3) is 0.188. The van der Waals surface area contributed by atoms with Crippen LogP contribution in [-0.4, -0.2) is 11.8 Å². The Kier molecular flexibility index (Phi) is 7.56. The van der Waals surface area contributed by atoms with Gasteiger partial charge in [0.1, 0.15) is 7.14 Å². The lowest BCUT2D eigenvalue weighted by atomic mass is 9.97. The van der Waals surface area contributed by atoms with E-state index in [1.807, 2.05) is 121 Å². The first-order chi connectivity index (χ1) is 17.6. The quantitative estimate of drug-likeness (QED) is 0.191. The number of allylic oxidation sites excluding steroid dienone is 2. The summed E-state index contributed by atoms with van der Waals surface area (Å²) >= 11 is 0. The molecule has 4 aromatic rings. The molecule has 0 bridgehead atoms. The van der Waals surface area contributed by atoms with Crippen LogP contribution in [0.3, 0.4) is 0 Å². The highest BCUT2D eigenvalue weighted by Gasteiger charge is 2.44. The average Bonchev–Trinajstić information content (AvgIpc) is 2.97. The van der Waals surface area contributed by atoms with E-state index in [4.69, 9.17) is 0 Å². The Morgan fingerprint density at radius 3 is 1.36 bits per heavy atom. The molecule has 1 aliphatic carbocycles. The molecule has 1 unspecified atom stereocenters. The minimum atomic E-state index is -3.18. The van der Waals surface area contributed by atoms with Crippen molar-refractivity contribution in [2.24, 2.45) is 0 Å². The zero-order valence-corrected chi connectivity index (χ0v) is 22.2. The molecule has 5 rings (SSSR count). The van der Waals surface area contributed by atoms with E-state index in [2.05, 4.69) is 6.08 Å². The van der Waals surface area contributed by atoms with E-state index >= 15 is 9.13 Å². The van der Waals surface area contributed by atoms with E-state index in [1.165, 1.54) is 5.57 Å². The number of benzene rings is 4. The fourth-order valence-corrected chi connectivity index (χ4v) is 12.7. The SMILES string of the molecule is O=P(CC(C1=CCCCC1)P(=O)(c1ccccc1)c1ccccc1)(c1ccccc1)c1ccccc1. The molecule has 0 N–H and O–H groups in total. The smallest absolute Gasteiger partial charge is 0.150 e. The van der Waals surface area contributed by atoms with Crippen LogP contribution in [0.15, 0.2) is 133 Å². The van der Waals surface area contributed by atoms with Gasteiger partial charge in [0.05, 0.1) is 0 Å². The molecule has 0 radical (unpaired) electrons. The molecular formula is C32H32O2P2. The Morgan fingerprint density at radius 1 is 0.556 bits per heavy atom. The third-order valence-corrected chi connectivity index (χ3v) is 14.2. The van der Waals surface area contributed by atoms with E-state index in [0.717, 1.165) is 46.9 Å².